The molecule has 102 valence electrons. The number of halogens is 2. The molecule has 0 heterocycles. The second kappa shape index (κ2) is 5.92. The molecule has 6 heteroatoms. The Labute approximate surface area is 113 Å². The molecular formula is C14H10F2N2O2. The zero-order valence-corrected chi connectivity index (χ0v) is 10.2. The molecule has 0 aromatic heterocycles. The summed E-state index contributed by atoms with van der Waals surface area (Å²) < 4.78 is 26.0. The van der Waals surface area contributed by atoms with Crippen molar-refractivity contribution < 1.29 is 18.4 Å². The van der Waals surface area contributed by atoms with Gasteiger partial charge in [0.15, 0.2) is 0 Å². The summed E-state index contributed by atoms with van der Waals surface area (Å²) in [6.45, 7) is 0. The Balaban J connectivity index is 2.03. The van der Waals surface area contributed by atoms with E-state index in [-0.39, 0.29) is 5.69 Å². The smallest absolute Gasteiger partial charge is 0.314 e. The van der Waals surface area contributed by atoms with Crippen LogP contribution in [0.15, 0.2) is 48.5 Å². The largest absolute Gasteiger partial charge is 0.318 e. The third-order valence-electron chi connectivity index (χ3n) is 2.42. The summed E-state index contributed by atoms with van der Waals surface area (Å²) >= 11 is 0. The zero-order valence-electron chi connectivity index (χ0n) is 10.2. The fourth-order valence-corrected chi connectivity index (χ4v) is 1.48. The lowest BCUT2D eigenvalue weighted by atomic mass is 10.3. The van der Waals surface area contributed by atoms with Crippen LogP contribution >= 0.6 is 0 Å². The molecule has 0 aliphatic heterocycles. The van der Waals surface area contributed by atoms with Crippen molar-refractivity contribution >= 4 is 23.2 Å². The number of amides is 2. The molecule has 2 amide bonds. The number of benzene rings is 2. The van der Waals surface area contributed by atoms with Gasteiger partial charge in [-0.25, -0.2) is 8.78 Å². The minimum Gasteiger partial charge on any atom is -0.318 e. The SMILES string of the molecule is O=C(Nc1ccccc1)C(=O)Nc1ccc(F)cc1F. The first kappa shape index (κ1) is 13.7. The van der Waals surface area contributed by atoms with Crippen molar-refractivity contribution in [2.75, 3.05) is 10.6 Å². The summed E-state index contributed by atoms with van der Waals surface area (Å²) in [5.74, 6) is -3.71. The molecule has 0 radical (unpaired) electrons. The molecule has 2 N–H and O–H groups in total. The molecule has 0 spiro atoms. The molecule has 20 heavy (non-hydrogen) atoms. The molecule has 4 nitrogen and oxygen atoms in total. The van der Waals surface area contributed by atoms with Crippen molar-refractivity contribution in [1.82, 2.24) is 0 Å². The summed E-state index contributed by atoms with van der Waals surface area (Å²) in [7, 11) is 0. The van der Waals surface area contributed by atoms with E-state index < -0.39 is 23.4 Å². The normalized spacial score (nSPS) is 9.90. The van der Waals surface area contributed by atoms with Gasteiger partial charge in [-0.3, -0.25) is 9.59 Å². The Morgan fingerprint density at radius 1 is 0.850 bits per heavy atom. The van der Waals surface area contributed by atoms with Crippen molar-refractivity contribution in [1.29, 1.82) is 0 Å². The molecule has 2 aromatic rings. The molecule has 0 aliphatic carbocycles. The van der Waals surface area contributed by atoms with Crippen molar-refractivity contribution in [2.24, 2.45) is 0 Å². The maximum absolute atomic E-state index is 13.3. The fraction of sp³-hybridized carbons (Fsp3) is 0. The van der Waals surface area contributed by atoms with Gasteiger partial charge in [0.1, 0.15) is 11.6 Å². The Bertz CT molecular complexity index is 645. The number of carbonyl (C=O) groups is 2. The van der Waals surface area contributed by atoms with E-state index in [0.29, 0.717) is 11.8 Å². The molecule has 0 atom stereocenters. The van der Waals surface area contributed by atoms with Crippen LogP contribution in [0.5, 0.6) is 0 Å². The van der Waals surface area contributed by atoms with E-state index in [1.165, 1.54) is 0 Å². The Hall–Kier alpha value is -2.76. The molecule has 0 unspecified atom stereocenters. The Morgan fingerprint density at radius 2 is 1.50 bits per heavy atom. The van der Waals surface area contributed by atoms with Gasteiger partial charge in [-0.05, 0) is 24.3 Å². The van der Waals surface area contributed by atoms with Crippen LogP contribution in [0.2, 0.25) is 0 Å². The van der Waals surface area contributed by atoms with E-state index >= 15 is 0 Å². The predicted octanol–water partition coefficient (Wildman–Crippen LogP) is 2.54. The van der Waals surface area contributed by atoms with E-state index in [2.05, 4.69) is 10.6 Å². The lowest BCUT2D eigenvalue weighted by molar-refractivity contribution is -0.133. The summed E-state index contributed by atoms with van der Waals surface area (Å²) in [5.41, 5.74) is 0.173. The van der Waals surface area contributed by atoms with Crippen molar-refractivity contribution in [3.05, 3.63) is 60.2 Å². The quantitative estimate of drug-likeness (QED) is 0.828. The van der Waals surface area contributed by atoms with Gasteiger partial charge in [0, 0.05) is 11.8 Å². The van der Waals surface area contributed by atoms with E-state index in [1.807, 2.05) is 0 Å². The predicted molar refractivity (Wildman–Crippen MR) is 70.1 cm³/mol. The topological polar surface area (TPSA) is 58.2 Å². The number of hydrogen-bond donors (Lipinski definition) is 2. The molecule has 2 aromatic carbocycles. The van der Waals surface area contributed by atoms with Gasteiger partial charge >= 0.3 is 11.8 Å². The molecule has 0 saturated carbocycles. The van der Waals surface area contributed by atoms with Crippen LogP contribution in [0.4, 0.5) is 20.2 Å². The molecule has 2 rings (SSSR count). The highest BCUT2D eigenvalue weighted by Crippen LogP contribution is 2.15. The number of nitrogens with one attached hydrogen (secondary N) is 2. The zero-order chi connectivity index (χ0) is 14.5. The number of para-hydroxylation sites is 1. The van der Waals surface area contributed by atoms with Gasteiger partial charge in [0.25, 0.3) is 0 Å². The van der Waals surface area contributed by atoms with Crippen molar-refractivity contribution in [2.45, 2.75) is 0 Å². The maximum atomic E-state index is 13.3. The second-order valence-corrected chi connectivity index (χ2v) is 3.90. The third-order valence-corrected chi connectivity index (χ3v) is 2.42. The average Bonchev–Trinajstić information content (AvgIpc) is 2.43. The summed E-state index contributed by atoms with van der Waals surface area (Å²) in [6, 6.07) is 11.0. The van der Waals surface area contributed by atoms with Crippen LogP contribution in [-0.4, -0.2) is 11.8 Å². The summed E-state index contributed by atoms with van der Waals surface area (Å²) in [5, 5.41) is 4.41. The van der Waals surface area contributed by atoms with Crippen LogP contribution in [0, 0.1) is 11.6 Å². The van der Waals surface area contributed by atoms with Gasteiger partial charge in [-0.1, -0.05) is 18.2 Å². The number of hydrogen-bond acceptors (Lipinski definition) is 2. The molecule has 0 fully saturated rings. The fourth-order valence-electron chi connectivity index (χ4n) is 1.48. The Morgan fingerprint density at radius 3 is 2.15 bits per heavy atom. The standard InChI is InChI=1S/C14H10F2N2O2/c15-9-6-7-12(11(16)8-9)18-14(20)13(19)17-10-4-2-1-3-5-10/h1-8H,(H,17,19)(H,18,20). The van der Waals surface area contributed by atoms with Crippen LogP contribution in [0.3, 0.4) is 0 Å². The van der Waals surface area contributed by atoms with Crippen LogP contribution in [0.1, 0.15) is 0 Å². The van der Waals surface area contributed by atoms with Crippen LogP contribution in [-0.2, 0) is 9.59 Å². The highest BCUT2D eigenvalue weighted by molar-refractivity contribution is 6.43. The van der Waals surface area contributed by atoms with E-state index in [9.17, 15) is 18.4 Å². The lowest BCUT2D eigenvalue weighted by Crippen LogP contribution is -2.29. The third kappa shape index (κ3) is 3.38. The molecule has 0 aliphatic rings. The van der Waals surface area contributed by atoms with Gasteiger partial charge < -0.3 is 10.6 Å². The molecule has 0 saturated heterocycles. The Kier molecular flexibility index (Phi) is 4.05. The van der Waals surface area contributed by atoms with Crippen LogP contribution < -0.4 is 10.6 Å². The first-order valence-electron chi connectivity index (χ1n) is 5.68. The second-order valence-electron chi connectivity index (χ2n) is 3.90. The molecular weight excluding hydrogens is 266 g/mol. The van der Waals surface area contributed by atoms with E-state index in [0.717, 1.165) is 12.1 Å². The first-order valence-corrected chi connectivity index (χ1v) is 5.68. The van der Waals surface area contributed by atoms with Gasteiger partial charge in [0.2, 0.25) is 0 Å². The van der Waals surface area contributed by atoms with E-state index in [1.54, 1.807) is 30.3 Å². The monoisotopic (exact) mass is 276 g/mol. The minimum absolute atomic E-state index is 0.264. The van der Waals surface area contributed by atoms with E-state index in [4.69, 9.17) is 0 Å². The summed E-state index contributed by atoms with van der Waals surface area (Å²) in [4.78, 5) is 23.1. The van der Waals surface area contributed by atoms with Crippen LogP contribution in [0.25, 0.3) is 0 Å². The highest BCUT2D eigenvalue weighted by atomic mass is 19.1. The number of rotatable bonds is 2. The molecule has 0 bridgehead atoms. The maximum Gasteiger partial charge on any atom is 0.314 e. The van der Waals surface area contributed by atoms with Crippen molar-refractivity contribution in [3.63, 3.8) is 0 Å². The number of anilines is 2. The van der Waals surface area contributed by atoms with Gasteiger partial charge in [-0.2, -0.15) is 0 Å². The highest BCUT2D eigenvalue weighted by Gasteiger charge is 2.15. The average molecular weight is 276 g/mol. The van der Waals surface area contributed by atoms with Gasteiger partial charge in [0.05, 0.1) is 5.69 Å². The summed E-state index contributed by atoms with van der Waals surface area (Å²) in [6.07, 6.45) is 0. The number of carbonyl (C=O) groups excluding carboxylic acids is 2. The minimum atomic E-state index is -1.04. The first-order chi connectivity index (χ1) is 9.56. The van der Waals surface area contributed by atoms with Gasteiger partial charge in [-0.15, -0.1) is 0 Å². The van der Waals surface area contributed by atoms with Crippen molar-refractivity contribution in [3.8, 4) is 0 Å². The lowest BCUT2D eigenvalue weighted by Gasteiger charge is -2.07.